The molecule has 0 bridgehead atoms. The molecule has 0 amide bonds. The molecule has 0 saturated carbocycles. The van der Waals surface area contributed by atoms with Crippen LogP contribution in [0, 0.1) is 6.92 Å². The quantitative estimate of drug-likeness (QED) is 0.820. The minimum atomic E-state index is -0.258. The maximum Gasteiger partial charge on any atom is 0.296 e. The van der Waals surface area contributed by atoms with Crippen molar-refractivity contribution in [1.82, 2.24) is 19.7 Å². The van der Waals surface area contributed by atoms with Gasteiger partial charge in [-0.3, -0.25) is 9.89 Å². The molecule has 0 spiro atoms. The van der Waals surface area contributed by atoms with Crippen LogP contribution in [0.15, 0.2) is 17.2 Å². The summed E-state index contributed by atoms with van der Waals surface area (Å²) in [6, 6.07) is 1.73. The van der Waals surface area contributed by atoms with Gasteiger partial charge in [-0.05, 0) is 13.3 Å². The van der Waals surface area contributed by atoms with Crippen molar-refractivity contribution in [3.8, 4) is 5.82 Å². The molecule has 2 aromatic heterocycles. The third-order valence-electron chi connectivity index (χ3n) is 2.52. The molecule has 0 aliphatic rings. The maximum absolute atomic E-state index is 11.9. The van der Waals surface area contributed by atoms with Gasteiger partial charge < -0.3 is 5.73 Å². The monoisotopic (exact) mass is 233 g/mol. The molecule has 0 aliphatic carbocycles. The van der Waals surface area contributed by atoms with Crippen LogP contribution < -0.4 is 11.3 Å². The van der Waals surface area contributed by atoms with Crippen LogP contribution in [0.25, 0.3) is 5.82 Å². The fraction of sp³-hybridized carbons (Fsp3) is 0.364. The average Bonchev–Trinajstić information content (AvgIpc) is 2.58. The third-order valence-corrected chi connectivity index (χ3v) is 2.52. The molecule has 0 aliphatic heterocycles. The standard InChI is InChI=1S/C11H15N5O/c1-3-4-8-10(12)11(17)16(15-8)9-5-7(2)13-6-14-9/h5-6,15H,3-4,12H2,1-2H3. The van der Waals surface area contributed by atoms with E-state index in [-0.39, 0.29) is 11.2 Å². The minimum Gasteiger partial charge on any atom is -0.393 e. The van der Waals surface area contributed by atoms with Crippen LogP contribution in [0.1, 0.15) is 24.7 Å². The Morgan fingerprint density at radius 3 is 2.88 bits per heavy atom. The van der Waals surface area contributed by atoms with E-state index < -0.39 is 0 Å². The number of aromatic amines is 1. The molecule has 17 heavy (non-hydrogen) atoms. The van der Waals surface area contributed by atoms with Crippen molar-refractivity contribution in [3.63, 3.8) is 0 Å². The van der Waals surface area contributed by atoms with Crippen molar-refractivity contribution < 1.29 is 0 Å². The van der Waals surface area contributed by atoms with Crippen LogP contribution in [0.4, 0.5) is 5.69 Å². The first-order chi connectivity index (χ1) is 8.13. The number of rotatable bonds is 3. The van der Waals surface area contributed by atoms with Gasteiger partial charge in [0.2, 0.25) is 0 Å². The van der Waals surface area contributed by atoms with E-state index in [1.54, 1.807) is 6.07 Å². The Balaban J connectivity index is 2.53. The van der Waals surface area contributed by atoms with Gasteiger partial charge in [-0.25, -0.2) is 9.97 Å². The maximum atomic E-state index is 11.9. The number of nitrogens with zero attached hydrogens (tertiary/aromatic N) is 3. The molecule has 0 atom stereocenters. The number of H-pyrrole nitrogens is 1. The minimum absolute atomic E-state index is 0.258. The summed E-state index contributed by atoms with van der Waals surface area (Å²) < 4.78 is 1.36. The molecule has 2 aromatic rings. The lowest BCUT2D eigenvalue weighted by Crippen LogP contribution is -2.18. The van der Waals surface area contributed by atoms with Gasteiger partial charge in [0, 0.05) is 11.8 Å². The van der Waals surface area contributed by atoms with E-state index in [0.717, 1.165) is 24.2 Å². The molecule has 0 unspecified atom stereocenters. The summed E-state index contributed by atoms with van der Waals surface area (Å²) in [7, 11) is 0. The lowest BCUT2D eigenvalue weighted by Gasteiger charge is -2.00. The largest absolute Gasteiger partial charge is 0.393 e. The summed E-state index contributed by atoms with van der Waals surface area (Å²) in [4.78, 5) is 20.0. The summed E-state index contributed by atoms with van der Waals surface area (Å²) in [5.41, 5.74) is 7.32. The van der Waals surface area contributed by atoms with Gasteiger partial charge in [0.25, 0.3) is 5.56 Å². The summed E-state index contributed by atoms with van der Waals surface area (Å²) in [6.45, 7) is 3.87. The van der Waals surface area contributed by atoms with Gasteiger partial charge in [-0.2, -0.15) is 4.68 Å². The molecule has 0 aromatic carbocycles. The van der Waals surface area contributed by atoms with Crippen molar-refractivity contribution in [3.05, 3.63) is 34.1 Å². The molecule has 0 radical (unpaired) electrons. The SMILES string of the molecule is CCCc1[nH]n(-c2cc(C)ncn2)c(=O)c1N. The Labute approximate surface area is 98.5 Å². The van der Waals surface area contributed by atoms with E-state index in [4.69, 9.17) is 5.73 Å². The van der Waals surface area contributed by atoms with Gasteiger partial charge in [0.05, 0.1) is 5.69 Å². The Morgan fingerprint density at radius 1 is 1.47 bits per heavy atom. The zero-order chi connectivity index (χ0) is 12.4. The van der Waals surface area contributed by atoms with Crippen LogP contribution in [0.3, 0.4) is 0 Å². The molecular weight excluding hydrogens is 218 g/mol. The summed E-state index contributed by atoms with van der Waals surface area (Å²) in [5.74, 6) is 0.511. The fourth-order valence-corrected chi connectivity index (χ4v) is 1.66. The van der Waals surface area contributed by atoms with E-state index in [9.17, 15) is 4.79 Å². The normalized spacial score (nSPS) is 10.7. The topological polar surface area (TPSA) is 89.6 Å². The summed E-state index contributed by atoms with van der Waals surface area (Å²) in [5, 5.41) is 2.98. The van der Waals surface area contributed by atoms with Crippen molar-refractivity contribution >= 4 is 5.69 Å². The van der Waals surface area contributed by atoms with Crippen LogP contribution in [-0.2, 0) is 6.42 Å². The highest BCUT2D eigenvalue weighted by molar-refractivity contribution is 5.43. The third kappa shape index (κ3) is 2.06. The van der Waals surface area contributed by atoms with Gasteiger partial charge >= 0.3 is 0 Å². The van der Waals surface area contributed by atoms with Crippen LogP contribution in [0.2, 0.25) is 0 Å². The second-order valence-electron chi connectivity index (χ2n) is 3.91. The highest BCUT2D eigenvalue weighted by Gasteiger charge is 2.12. The fourth-order valence-electron chi connectivity index (χ4n) is 1.66. The molecule has 6 heteroatoms. The number of anilines is 1. The van der Waals surface area contributed by atoms with Crippen molar-refractivity contribution in [2.75, 3.05) is 5.73 Å². The van der Waals surface area contributed by atoms with Gasteiger partial charge in [-0.1, -0.05) is 13.3 Å². The number of nitrogens with two attached hydrogens (primary N) is 1. The summed E-state index contributed by atoms with van der Waals surface area (Å²) in [6.07, 6.45) is 3.10. The number of aryl methyl sites for hydroxylation is 2. The molecule has 2 rings (SSSR count). The Bertz CT molecular complexity index is 584. The molecular formula is C11H15N5O. The number of nitrogen functional groups attached to an aromatic ring is 1. The van der Waals surface area contributed by atoms with Gasteiger partial charge in [-0.15, -0.1) is 0 Å². The molecule has 3 N–H and O–H groups in total. The molecule has 0 fully saturated rings. The lowest BCUT2D eigenvalue weighted by molar-refractivity contribution is 0.770. The zero-order valence-electron chi connectivity index (χ0n) is 9.90. The van der Waals surface area contributed by atoms with Crippen LogP contribution >= 0.6 is 0 Å². The molecule has 6 nitrogen and oxygen atoms in total. The zero-order valence-corrected chi connectivity index (χ0v) is 9.90. The smallest absolute Gasteiger partial charge is 0.296 e. The lowest BCUT2D eigenvalue weighted by atomic mass is 10.2. The number of aromatic nitrogens is 4. The van der Waals surface area contributed by atoms with Crippen LogP contribution in [0.5, 0.6) is 0 Å². The highest BCUT2D eigenvalue weighted by atomic mass is 16.1. The average molecular weight is 233 g/mol. The molecule has 90 valence electrons. The summed E-state index contributed by atoms with van der Waals surface area (Å²) >= 11 is 0. The Morgan fingerprint density at radius 2 is 2.24 bits per heavy atom. The van der Waals surface area contributed by atoms with E-state index in [1.807, 2.05) is 13.8 Å². The molecule has 0 saturated heterocycles. The predicted molar refractivity (Wildman–Crippen MR) is 65.1 cm³/mol. The number of hydrogen-bond donors (Lipinski definition) is 2. The van der Waals surface area contributed by atoms with E-state index in [2.05, 4.69) is 15.1 Å². The highest BCUT2D eigenvalue weighted by Crippen LogP contribution is 2.09. The van der Waals surface area contributed by atoms with Crippen molar-refractivity contribution in [2.24, 2.45) is 0 Å². The Hall–Kier alpha value is -2.11. The molecule has 2 heterocycles. The predicted octanol–water partition coefficient (Wildman–Crippen LogP) is 0.799. The van der Waals surface area contributed by atoms with Crippen LogP contribution in [-0.4, -0.2) is 19.7 Å². The second kappa shape index (κ2) is 4.40. The Kier molecular flexibility index (Phi) is 2.95. The first kappa shape index (κ1) is 11.4. The second-order valence-corrected chi connectivity index (χ2v) is 3.91. The van der Waals surface area contributed by atoms with E-state index in [1.165, 1.54) is 11.0 Å². The number of nitrogens with one attached hydrogen (secondary N) is 1. The van der Waals surface area contributed by atoms with Crippen molar-refractivity contribution in [2.45, 2.75) is 26.7 Å². The number of hydrogen-bond acceptors (Lipinski definition) is 4. The van der Waals surface area contributed by atoms with Gasteiger partial charge in [0.1, 0.15) is 12.0 Å². The first-order valence-electron chi connectivity index (χ1n) is 5.52. The van der Waals surface area contributed by atoms with Crippen molar-refractivity contribution in [1.29, 1.82) is 0 Å². The van der Waals surface area contributed by atoms with E-state index in [0.29, 0.717) is 5.82 Å². The first-order valence-corrected chi connectivity index (χ1v) is 5.52. The van der Waals surface area contributed by atoms with Gasteiger partial charge in [0.15, 0.2) is 5.82 Å². The van der Waals surface area contributed by atoms with E-state index >= 15 is 0 Å².